The Balaban J connectivity index is 1.20. The summed E-state index contributed by atoms with van der Waals surface area (Å²) in [4.78, 5) is 34.0. The predicted octanol–water partition coefficient (Wildman–Crippen LogP) is 8.25. The van der Waals surface area contributed by atoms with Crippen LogP contribution in [0.5, 0.6) is 0 Å². The lowest BCUT2D eigenvalue weighted by atomic mass is 9.73. The maximum atomic E-state index is 15.2. The predicted molar refractivity (Wildman–Crippen MR) is 205 cm³/mol. The maximum absolute atomic E-state index is 15.2. The van der Waals surface area contributed by atoms with Gasteiger partial charge in [-0.25, -0.2) is 0 Å². The Bertz CT molecular complexity index is 1240. The average molecular weight is 809 g/mol. The van der Waals surface area contributed by atoms with E-state index in [1.54, 1.807) is 0 Å². The summed E-state index contributed by atoms with van der Waals surface area (Å²) in [5, 5.41) is 10.5. The lowest BCUT2D eigenvalue weighted by molar-refractivity contribution is -0.154. The molecule has 0 aromatic heterocycles. The van der Waals surface area contributed by atoms with Crippen LogP contribution in [0.4, 0.5) is 0 Å². The van der Waals surface area contributed by atoms with Gasteiger partial charge in [-0.2, -0.15) is 0 Å². The number of fused-ring (bicyclic) bond motifs is 2. The number of piperidine rings is 1. The number of carbonyl (C=O) groups excluding carboxylic acids is 2. The lowest BCUT2D eigenvalue weighted by Crippen LogP contribution is -2.53. The molecule has 0 radical (unpaired) electrons. The zero-order chi connectivity index (χ0) is 34.5. The van der Waals surface area contributed by atoms with E-state index in [1.807, 2.05) is 7.11 Å². The number of aliphatic hydroxyl groups excluding tert-OH is 1. The molecule has 0 aromatic carbocycles. The van der Waals surface area contributed by atoms with Gasteiger partial charge in [-0.15, -0.1) is 0 Å². The number of ether oxygens (including phenoxy) is 2. The minimum Gasteiger partial charge on any atom is -0.394 e. The first-order valence-corrected chi connectivity index (χ1v) is 24.8. The van der Waals surface area contributed by atoms with Crippen LogP contribution in [0.2, 0.25) is 24.2 Å². The molecule has 1 N–H and O–H groups in total. The standard InChI is InChI=1S/C40H65IN2O5Si/c1-26-38(49(3,4)33-19-17-32(47-2)18-20-33)36(22-37(45)42-24-29-10-6-5-9-28(29)21-31(42)25-44)48-40(26)34-11-7-8-12-35(34)43(39(40)46)23-27-13-15-30(41)16-14-27/h26-33,36,38,44H,5-25H2,1-4H3/t26-,27?,28?,29?,30?,31-,32?,33?,36+,38-,40+/m0/s1. The van der Waals surface area contributed by atoms with Crippen molar-refractivity contribution in [2.75, 3.05) is 26.8 Å². The minimum absolute atomic E-state index is 0.0381. The van der Waals surface area contributed by atoms with Crippen LogP contribution in [0.3, 0.4) is 0 Å². The number of nitrogens with zero attached hydrogens (tertiary/aromatic N) is 2. The Hall–Kier alpha value is -0.493. The second kappa shape index (κ2) is 15.1. The van der Waals surface area contributed by atoms with Gasteiger partial charge in [-0.1, -0.05) is 74.7 Å². The normalized spacial score (nSPS) is 41.7. The van der Waals surface area contributed by atoms with E-state index < -0.39 is 13.7 Å². The molecule has 1 spiro atoms. The van der Waals surface area contributed by atoms with Gasteiger partial charge < -0.3 is 24.4 Å². The van der Waals surface area contributed by atoms with Crippen molar-refractivity contribution in [3.05, 3.63) is 11.3 Å². The van der Waals surface area contributed by atoms with Gasteiger partial charge in [-0.05, 0) is 111 Å². The van der Waals surface area contributed by atoms with E-state index >= 15 is 4.79 Å². The number of hydrogen-bond donors (Lipinski definition) is 1. The second-order valence-corrected chi connectivity index (χ2v) is 24.9. The molecule has 7 aliphatic rings. The van der Waals surface area contributed by atoms with E-state index in [2.05, 4.69) is 52.4 Å². The number of allylic oxidation sites excluding steroid dienone is 1. The molecule has 4 aliphatic carbocycles. The van der Waals surface area contributed by atoms with Crippen LogP contribution in [-0.2, 0) is 19.1 Å². The number of amides is 2. The highest BCUT2D eigenvalue weighted by Crippen LogP contribution is 2.62. The van der Waals surface area contributed by atoms with Gasteiger partial charge in [0.25, 0.3) is 5.91 Å². The van der Waals surface area contributed by atoms with Crippen molar-refractivity contribution in [2.45, 2.75) is 174 Å². The largest absolute Gasteiger partial charge is 0.394 e. The van der Waals surface area contributed by atoms with Crippen LogP contribution in [-0.4, -0.2) is 89.4 Å². The first-order chi connectivity index (χ1) is 23.6. The van der Waals surface area contributed by atoms with Crippen molar-refractivity contribution in [3.8, 4) is 0 Å². The number of aliphatic hydroxyl groups is 1. The average Bonchev–Trinajstić information content (AvgIpc) is 3.54. The van der Waals surface area contributed by atoms with Crippen molar-refractivity contribution >= 4 is 42.5 Å². The molecule has 0 aromatic rings. The van der Waals surface area contributed by atoms with E-state index in [0.29, 0.717) is 35.8 Å². The van der Waals surface area contributed by atoms with Gasteiger partial charge in [0.15, 0.2) is 5.60 Å². The van der Waals surface area contributed by atoms with Crippen LogP contribution >= 0.6 is 22.6 Å². The summed E-state index contributed by atoms with van der Waals surface area (Å²) in [6, 6.07) is -0.0958. The van der Waals surface area contributed by atoms with E-state index in [-0.39, 0.29) is 42.0 Å². The van der Waals surface area contributed by atoms with E-state index in [1.165, 1.54) is 75.5 Å². The third-order valence-corrected chi connectivity index (χ3v) is 21.8. The number of rotatable bonds is 8. The molecule has 7 rings (SSSR count). The highest BCUT2D eigenvalue weighted by atomic mass is 127. The molecule has 2 unspecified atom stereocenters. The fourth-order valence-electron chi connectivity index (χ4n) is 12.5. The van der Waals surface area contributed by atoms with Crippen molar-refractivity contribution < 1.29 is 24.2 Å². The summed E-state index contributed by atoms with van der Waals surface area (Å²) >= 11 is 2.61. The van der Waals surface area contributed by atoms with Gasteiger partial charge in [0.1, 0.15) is 0 Å². The third kappa shape index (κ3) is 6.77. The summed E-state index contributed by atoms with van der Waals surface area (Å²) < 4.78 is 14.0. The third-order valence-electron chi connectivity index (χ3n) is 15.2. The van der Waals surface area contributed by atoms with Gasteiger partial charge in [0.2, 0.25) is 5.91 Å². The lowest BCUT2D eigenvalue weighted by Gasteiger charge is -2.47. The molecule has 9 heteroatoms. The van der Waals surface area contributed by atoms with Crippen LogP contribution in [0.15, 0.2) is 11.3 Å². The van der Waals surface area contributed by atoms with Crippen LogP contribution in [0.25, 0.3) is 0 Å². The number of alkyl halides is 1. The topological polar surface area (TPSA) is 79.3 Å². The van der Waals surface area contributed by atoms with Crippen LogP contribution < -0.4 is 0 Å². The molecule has 0 bridgehead atoms. The monoisotopic (exact) mass is 808 g/mol. The number of halogens is 1. The van der Waals surface area contributed by atoms with Gasteiger partial charge >= 0.3 is 0 Å². The summed E-state index contributed by atoms with van der Waals surface area (Å²) in [7, 11) is -0.205. The summed E-state index contributed by atoms with van der Waals surface area (Å²) in [6.45, 7) is 9.12. The number of likely N-dealkylation sites (tertiary alicyclic amines) is 1. The molecule has 3 heterocycles. The Morgan fingerprint density at radius 3 is 2.37 bits per heavy atom. The molecule has 7 nitrogen and oxygen atoms in total. The highest BCUT2D eigenvalue weighted by Gasteiger charge is 2.67. The Morgan fingerprint density at radius 1 is 0.980 bits per heavy atom. The zero-order valence-corrected chi connectivity index (χ0v) is 34.1. The van der Waals surface area contributed by atoms with Crippen molar-refractivity contribution in [2.24, 2.45) is 23.7 Å². The van der Waals surface area contributed by atoms with Crippen molar-refractivity contribution in [3.63, 3.8) is 0 Å². The summed E-state index contributed by atoms with van der Waals surface area (Å²) in [5.74, 6) is 2.14. The SMILES string of the molecule is COC1CCC([Si](C)(C)[C@@H]2[C@@H](CC(=O)N3CC4CCCCC4C[C@H]3CO)O[C@]3(C(=O)N(CC4CCC(I)CC4)C4=C3CCCC4)[C@H]2C)CC1. The van der Waals surface area contributed by atoms with Crippen LogP contribution in [0, 0.1) is 23.7 Å². The molecule has 49 heavy (non-hydrogen) atoms. The maximum Gasteiger partial charge on any atom is 0.263 e. The summed E-state index contributed by atoms with van der Waals surface area (Å²) in [6.07, 6.45) is 19.9. The van der Waals surface area contributed by atoms with Crippen LogP contribution in [0.1, 0.15) is 122 Å². The quantitative estimate of drug-likeness (QED) is 0.152. The number of carbonyl (C=O) groups is 2. The van der Waals surface area contributed by atoms with E-state index in [4.69, 9.17) is 9.47 Å². The Labute approximate surface area is 311 Å². The van der Waals surface area contributed by atoms with Gasteiger partial charge in [0, 0.05) is 35.7 Å². The fourth-order valence-corrected chi connectivity index (χ4v) is 18.2. The molecule has 2 amide bonds. The molecule has 2 saturated heterocycles. The molecule has 3 aliphatic heterocycles. The Morgan fingerprint density at radius 2 is 1.67 bits per heavy atom. The smallest absolute Gasteiger partial charge is 0.263 e. The first kappa shape index (κ1) is 36.8. The number of hydrogen-bond acceptors (Lipinski definition) is 5. The molecule has 276 valence electrons. The van der Waals surface area contributed by atoms with E-state index in [0.717, 1.165) is 62.0 Å². The molecule has 5 fully saturated rings. The van der Waals surface area contributed by atoms with Crippen molar-refractivity contribution in [1.82, 2.24) is 9.80 Å². The fraction of sp³-hybridized carbons (Fsp3) is 0.900. The van der Waals surface area contributed by atoms with Gasteiger partial charge in [0.05, 0.1) is 39.4 Å². The molecular formula is C40H65IN2O5Si. The van der Waals surface area contributed by atoms with E-state index in [9.17, 15) is 9.90 Å². The molecule has 3 saturated carbocycles. The second-order valence-electron chi connectivity index (χ2n) is 18.0. The molecule has 7 atom stereocenters. The Kier molecular flexibility index (Phi) is 11.4. The molecular weight excluding hydrogens is 743 g/mol. The minimum atomic E-state index is -2.05. The van der Waals surface area contributed by atoms with Crippen molar-refractivity contribution in [1.29, 1.82) is 0 Å². The first-order valence-electron chi connectivity index (χ1n) is 20.4. The highest BCUT2D eigenvalue weighted by molar-refractivity contribution is 14.1. The summed E-state index contributed by atoms with van der Waals surface area (Å²) in [5.41, 5.74) is 2.48. The van der Waals surface area contributed by atoms with Gasteiger partial charge in [-0.3, -0.25) is 9.59 Å². The zero-order valence-electron chi connectivity index (χ0n) is 31.0. The number of methoxy groups -OCH3 is 1.